The molecule has 1 spiro atoms. The van der Waals surface area contributed by atoms with Crippen LogP contribution < -0.4 is 0 Å². The number of hydrogen-bond donors (Lipinski definition) is 0. The zero-order valence-electron chi connectivity index (χ0n) is 13.9. The fraction of sp³-hybridized carbons (Fsp3) is 0.722. The SMILES string of the molecule is C=CCN1CC[C@]2(CN(C(=O)C3(C#N)CCCC3)C[C@H]2C)C1=O. The van der Waals surface area contributed by atoms with E-state index in [1.54, 1.807) is 11.0 Å². The summed E-state index contributed by atoms with van der Waals surface area (Å²) in [5.74, 6) is 0.250. The van der Waals surface area contributed by atoms with Crippen LogP contribution in [0.4, 0.5) is 0 Å². The van der Waals surface area contributed by atoms with Crippen LogP contribution in [-0.4, -0.2) is 47.8 Å². The first-order valence-electron chi connectivity index (χ1n) is 8.60. The second-order valence-electron chi connectivity index (χ2n) is 7.43. The van der Waals surface area contributed by atoms with E-state index in [1.807, 2.05) is 4.90 Å². The lowest BCUT2D eigenvalue weighted by Crippen LogP contribution is -2.43. The molecule has 23 heavy (non-hydrogen) atoms. The molecule has 2 heterocycles. The Morgan fingerprint density at radius 2 is 2.13 bits per heavy atom. The van der Waals surface area contributed by atoms with Crippen molar-refractivity contribution >= 4 is 11.8 Å². The molecule has 5 heteroatoms. The molecule has 0 radical (unpaired) electrons. The van der Waals surface area contributed by atoms with E-state index < -0.39 is 10.8 Å². The van der Waals surface area contributed by atoms with Gasteiger partial charge < -0.3 is 9.80 Å². The molecule has 124 valence electrons. The van der Waals surface area contributed by atoms with Gasteiger partial charge in [-0.3, -0.25) is 9.59 Å². The predicted molar refractivity (Wildman–Crippen MR) is 86.1 cm³/mol. The molecule has 0 aromatic heterocycles. The van der Waals surface area contributed by atoms with Crippen molar-refractivity contribution in [3.8, 4) is 6.07 Å². The third-order valence-electron chi connectivity index (χ3n) is 6.17. The van der Waals surface area contributed by atoms with E-state index in [4.69, 9.17) is 0 Å². The lowest BCUT2D eigenvalue weighted by molar-refractivity contribution is -0.139. The van der Waals surface area contributed by atoms with Crippen molar-refractivity contribution in [1.29, 1.82) is 5.26 Å². The third-order valence-corrected chi connectivity index (χ3v) is 6.17. The van der Waals surface area contributed by atoms with E-state index in [-0.39, 0.29) is 17.7 Å². The van der Waals surface area contributed by atoms with E-state index in [1.165, 1.54) is 0 Å². The van der Waals surface area contributed by atoms with Gasteiger partial charge in [0.15, 0.2) is 0 Å². The van der Waals surface area contributed by atoms with Gasteiger partial charge >= 0.3 is 0 Å². The van der Waals surface area contributed by atoms with Gasteiger partial charge in [0.25, 0.3) is 0 Å². The molecule has 0 aromatic rings. The van der Waals surface area contributed by atoms with Gasteiger partial charge in [-0.2, -0.15) is 5.26 Å². The molecule has 2 aliphatic heterocycles. The van der Waals surface area contributed by atoms with Crippen LogP contribution in [-0.2, 0) is 9.59 Å². The van der Waals surface area contributed by atoms with Crippen LogP contribution in [0.25, 0.3) is 0 Å². The summed E-state index contributed by atoms with van der Waals surface area (Å²) < 4.78 is 0. The zero-order valence-corrected chi connectivity index (χ0v) is 13.9. The normalized spacial score (nSPS) is 32.5. The molecule has 2 saturated heterocycles. The zero-order chi connectivity index (χ0) is 16.7. The summed E-state index contributed by atoms with van der Waals surface area (Å²) in [6.45, 7) is 8.16. The van der Waals surface area contributed by atoms with Crippen molar-refractivity contribution in [1.82, 2.24) is 9.80 Å². The highest BCUT2D eigenvalue weighted by atomic mass is 16.2. The number of carbonyl (C=O) groups excluding carboxylic acids is 2. The first kappa shape index (κ1) is 16.0. The van der Waals surface area contributed by atoms with Crippen LogP contribution in [0.2, 0.25) is 0 Å². The predicted octanol–water partition coefficient (Wildman–Crippen LogP) is 1.95. The second kappa shape index (κ2) is 5.67. The first-order chi connectivity index (χ1) is 11.0. The summed E-state index contributed by atoms with van der Waals surface area (Å²) in [4.78, 5) is 29.4. The van der Waals surface area contributed by atoms with Crippen LogP contribution >= 0.6 is 0 Å². The van der Waals surface area contributed by atoms with Crippen LogP contribution in [0.15, 0.2) is 12.7 Å². The van der Waals surface area contributed by atoms with E-state index >= 15 is 0 Å². The van der Waals surface area contributed by atoms with Crippen molar-refractivity contribution < 1.29 is 9.59 Å². The maximum absolute atomic E-state index is 13.0. The van der Waals surface area contributed by atoms with Crippen molar-refractivity contribution in [3.05, 3.63) is 12.7 Å². The number of amides is 2. The molecule has 0 aromatic carbocycles. The van der Waals surface area contributed by atoms with Crippen LogP contribution in [0.5, 0.6) is 0 Å². The van der Waals surface area contributed by atoms with E-state index in [0.29, 0.717) is 32.5 Å². The average molecular weight is 315 g/mol. The van der Waals surface area contributed by atoms with E-state index in [2.05, 4.69) is 19.6 Å². The van der Waals surface area contributed by atoms with Gasteiger partial charge in [0.05, 0.1) is 11.5 Å². The molecule has 2 amide bonds. The van der Waals surface area contributed by atoms with Crippen LogP contribution in [0.1, 0.15) is 39.0 Å². The number of rotatable bonds is 3. The lowest BCUT2D eigenvalue weighted by atomic mass is 9.77. The molecule has 0 bridgehead atoms. The van der Waals surface area contributed by atoms with Crippen molar-refractivity contribution in [3.63, 3.8) is 0 Å². The molecule has 1 saturated carbocycles. The summed E-state index contributed by atoms with van der Waals surface area (Å²) in [6, 6.07) is 2.29. The standard InChI is InChI=1S/C18H25N3O2/c1-3-9-20-10-8-18(16(20)23)13-21(11-14(18)2)15(22)17(12-19)6-4-5-7-17/h3,14H,1,4-11,13H2,2H3/t14-,18-/m1/s1. The molecular weight excluding hydrogens is 290 g/mol. The molecule has 3 rings (SSSR count). The summed E-state index contributed by atoms with van der Waals surface area (Å²) in [7, 11) is 0. The van der Waals surface area contributed by atoms with Gasteiger partial charge in [-0.15, -0.1) is 6.58 Å². The van der Waals surface area contributed by atoms with Gasteiger partial charge in [0, 0.05) is 26.2 Å². The molecule has 5 nitrogen and oxygen atoms in total. The molecule has 2 atom stereocenters. The summed E-state index contributed by atoms with van der Waals surface area (Å²) >= 11 is 0. The molecule has 3 fully saturated rings. The Morgan fingerprint density at radius 1 is 1.43 bits per heavy atom. The molecular formula is C18H25N3O2. The van der Waals surface area contributed by atoms with Gasteiger partial charge in [0.1, 0.15) is 5.41 Å². The van der Waals surface area contributed by atoms with Crippen molar-refractivity contribution in [2.75, 3.05) is 26.2 Å². The Kier molecular flexibility index (Phi) is 3.95. The number of nitriles is 1. The van der Waals surface area contributed by atoms with Gasteiger partial charge in [-0.1, -0.05) is 25.8 Å². The molecule has 1 aliphatic carbocycles. The van der Waals surface area contributed by atoms with Gasteiger partial charge in [0.2, 0.25) is 11.8 Å². The summed E-state index contributed by atoms with van der Waals surface area (Å²) in [5, 5.41) is 9.55. The Labute approximate surface area is 137 Å². The maximum Gasteiger partial charge on any atom is 0.243 e. The number of hydrogen-bond acceptors (Lipinski definition) is 3. The van der Waals surface area contributed by atoms with Gasteiger partial charge in [-0.05, 0) is 25.2 Å². The Bertz CT molecular complexity index is 573. The minimum atomic E-state index is -0.840. The maximum atomic E-state index is 13.0. The first-order valence-corrected chi connectivity index (χ1v) is 8.60. The Balaban J connectivity index is 1.79. The molecule has 3 aliphatic rings. The van der Waals surface area contributed by atoms with Crippen molar-refractivity contribution in [2.45, 2.75) is 39.0 Å². The largest absolute Gasteiger partial charge is 0.340 e. The summed E-state index contributed by atoms with van der Waals surface area (Å²) in [5.41, 5.74) is -1.29. The van der Waals surface area contributed by atoms with Crippen molar-refractivity contribution in [2.24, 2.45) is 16.7 Å². The second-order valence-corrected chi connectivity index (χ2v) is 7.43. The lowest BCUT2D eigenvalue weighted by Gasteiger charge is -2.28. The molecule has 0 N–H and O–H groups in total. The minimum Gasteiger partial charge on any atom is -0.340 e. The van der Waals surface area contributed by atoms with E-state index in [9.17, 15) is 14.9 Å². The smallest absolute Gasteiger partial charge is 0.243 e. The third kappa shape index (κ3) is 2.27. The van der Waals surface area contributed by atoms with Gasteiger partial charge in [-0.25, -0.2) is 0 Å². The highest BCUT2D eigenvalue weighted by Gasteiger charge is 2.57. The number of nitrogens with zero attached hydrogens (tertiary/aromatic N) is 3. The van der Waals surface area contributed by atoms with Crippen LogP contribution in [0, 0.1) is 28.1 Å². The fourth-order valence-electron chi connectivity index (χ4n) is 4.67. The number of carbonyl (C=O) groups is 2. The van der Waals surface area contributed by atoms with Crippen LogP contribution in [0.3, 0.4) is 0 Å². The fourth-order valence-corrected chi connectivity index (χ4v) is 4.67. The topological polar surface area (TPSA) is 64.4 Å². The van der Waals surface area contributed by atoms with E-state index in [0.717, 1.165) is 25.8 Å². The highest BCUT2D eigenvalue weighted by Crippen LogP contribution is 2.47. The monoisotopic (exact) mass is 315 g/mol. The number of likely N-dealkylation sites (tertiary alicyclic amines) is 2. The highest BCUT2D eigenvalue weighted by molar-refractivity contribution is 5.90. The Morgan fingerprint density at radius 3 is 2.74 bits per heavy atom. The Hall–Kier alpha value is -1.83. The summed E-state index contributed by atoms with van der Waals surface area (Å²) in [6.07, 6.45) is 5.76. The molecule has 0 unspecified atom stereocenters. The minimum absolute atomic E-state index is 0.0452. The average Bonchev–Trinajstić information content (AvgIpc) is 3.23. The quantitative estimate of drug-likeness (QED) is 0.748.